The predicted octanol–water partition coefficient (Wildman–Crippen LogP) is 11.8. The van der Waals surface area contributed by atoms with E-state index >= 15 is 0 Å². The Bertz CT molecular complexity index is 2440. The third-order valence-corrected chi connectivity index (χ3v) is 12.5. The fourth-order valence-electron chi connectivity index (χ4n) is 8.87. The number of aryl methyl sites for hydroxylation is 2. The molecule has 6 heteroatoms. The smallest absolute Gasteiger partial charge is 0.164 e. The molecule has 0 spiro atoms. The summed E-state index contributed by atoms with van der Waals surface area (Å²) < 4.78 is 13.9. The highest BCUT2D eigenvalue weighted by Crippen LogP contribution is 2.51. The third-order valence-electron chi connectivity index (χ3n) is 12.5. The predicted molar refractivity (Wildman–Crippen MR) is 256 cm³/mol. The van der Waals surface area contributed by atoms with Gasteiger partial charge in [-0.3, -0.25) is 0 Å². The average molecular weight is 829 g/mol. The second-order valence-corrected chi connectivity index (χ2v) is 17.3. The molecule has 1 aliphatic rings. The van der Waals surface area contributed by atoms with E-state index in [1.165, 1.54) is 11.1 Å². The van der Waals surface area contributed by atoms with E-state index in [0.29, 0.717) is 33.6 Å². The molecular formula is C57H52N2O4. The first-order chi connectivity index (χ1) is 30.3. The van der Waals surface area contributed by atoms with Crippen molar-refractivity contribution >= 4 is 11.4 Å². The zero-order chi connectivity index (χ0) is 43.9. The van der Waals surface area contributed by atoms with Crippen molar-refractivity contribution in [2.45, 2.75) is 56.9 Å². The van der Waals surface area contributed by atoms with Crippen LogP contribution in [0.4, 0.5) is 11.4 Å². The lowest BCUT2D eigenvalue weighted by Crippen LogP contribution is -2.55. The van der Waals surface area contributed by atoms with Crippen LogP contribution in [0.1, 0.15) is 47.2 Å². The van der Waals surface area contributed by atoms with Crippen molar-refractivity contribution < 1.29 is 19.7 Å². The minimum absolute atomic E-state index is 0.574. The molecule has 1 saturated heterocycles. The molecule has 0 radical (unpaired) electrons. The van der Waals surface area contributed by atoms with Gasteiger partial charge in [-0.15, -0.1) is 0 Å². The summed E-state index contributed by atoms with van der Waals surface area (Å²) in [6, 6.07) is 63.8. The Kier molecular flexibility index (Phi) is 10.9. The molecule has 0 saturated carbocycles. The molecule has 6 nitrogen and oxygen atoms in total. The molecule has 0 bridgehead atoms. The molecule has 314 valence electrons. The van der Waals surface area contributed by atoms with Crippen molar-refractivity contribution in [3.8, 4) is 44.5 Å². The number of hydrogen-bond donors (Lipinski definition) is 4. The molecule has 2 atom stereocenters. The van der Waals surface area contributed by atoms with Crippen LogP contribution in [-0.2, 0) is 20.7 Å². The van der Waals surface area contributed by atoms with Crippen LogP contribution >= 0.6 is 0 Å². The van der Waals surface area contributed by atoms with Gasteiger partial charge in [-0.2, -0.15) is 0 Å². The Morgan fingerprint density at radius 1 is 0.349 bits per heavy atom. The molecule has 9 rings (SSSR count). The molecule has 0 amide bonds. The summed E-state index contributed by atoms with van der Waals surface area (Å²) in [4.78, 5) is 0. The highest BCUT2D eigenvalue weighted by atomic mass is 16.8. The van der Waals surface area contributed by atoms with Crippen molar-refractivity contribution in [3.63, 3.8) is 0 Å². The van der Waals surface area contributed by atoms with Crippen LogP contribution in [0.15, 0.2) is 194 Å². The van der Waals surface area contributed by atoms with Crippen LogP contribution in [0, 0.1) is 13.8 Å². The number of rotatable bonds is 10. The normalized spacial score (nSPS) is 16.2. The van der Waals surface area contributed by atoms with Gasteiger partial charge < -0.3 is 31.2 Å². The molecule has 6 N–H and O–H groups in total. The first-order valence-electron chi connectivity index (χ1n) is 21.4. The number of hydrogen-bond acceptors (Lipinski definition) is 6. The van der Waals surface area contributed by atoms with Gasteiger partial charge in [0.1, 0.15) is 23.4 Å². The Hall–Kier alpha value is -6.80. The summed E-state index contributed by atoms with van der Waals surface area (Å²) in [7, 11) is 0. The lowest BCUT2D eigenvalue weighted by molar-refractivity contribution is -0.172. The highest BCUT2D eigenvalue weighted by molar-refractivity contribution is 5.69. The first-order valence-corrected chi connectivity index (χ1v) is 21.4. The number of nitrogen functional groups attached to an aromatic ring is 2. The van der Waals surface area contributed by atoms with Gasteiger partial charge in [0.05, 0.1) is 0 Å². The lowest BCUT2D eigenvalue weighted by atomic mass is 9.71. The van der Waals surface area contributed by atoms with E-state index in [1.807, 2.05) is 159 Å². The molecular weight excluding hydrogens is 777 g/mol. The highest BCUT2D eigenvalue weighted by Gasteiger charge is 2.61. The standard InChI is InChI=1S/C57H52N2O4/c1-37-5-9-39(10-6-37)41-13-25-47(26-14-41)56(60,48-27-15-42(16-28-48)40-11-7-38(2)8-12-40)53-54(63-55(3,4)62-53)57(61,49-29-17-43(18-30-49)45-21-33-51(58)34-22-45)50-31-19-44(20-32-50)46-23-35-52(59)36-24-46/h5-36,53-54,60-61H,58-59H2,1-4H3/t53-,54-/m1/s1. The molecule has 0 unspecified atom stereocenters. The number of ether oxygens (including phenoxy) is 2. The van der Waals surface area contributed by atoms with Crippen LogP contribution in [0.3, 0.4) is 0 Å². The topological polar surface area (TPSA) is 111 Å². The molecule has 1 fully saturated rings. The third kappa shape index (κ3) is 8.06. The van der Waals surface area contributed by atoms with E-state index < -0.39 is 29.2 Å². The van der Waals surface area contributed by atoms with Crippen LogP contribution < -0.4 is 11.5 Å². The van der Waals surface area contributed by atoms with Crippen molar-refractivity contribution in [1.82, 2.24) is 0 Å². The summed E-state index contributed by atoms with van der Waals surface area (Å²) in [5, 5.41) is 27.6. The summed E-state index contributed by atoms with van der Waals surface area (Å²) in [5.74, 6) is -1.21. The minimum atomic E-state index is -1.84. The van der Waals surface area contributed by atoms with E-state index in [-0.39, 0.29) is 0 Å². The largest absolute Gasteiger partial charge is 0.399 e. The molecule has 0 aliphatic carbocycles. The monoisotopic (exact) mass is 828 g/mol. The van der Waals surface area contributed by atoms with Gasteiger partial charge in [-0.05, 0) is 119 Å². The Morgan fingerprint density at radius 2 is 0.540 bits per heavy atom. The van der Waals surface area contributed by atoms with Crippen LogP contribution in [-0.4, -0.2) is 28.2 Å². The van der Waals surface area contributed by atoms with Crippen molar-refractivity contribution in [2.24, 2.45) is 0 Å². The number of anilines is 2. The Labute approximate surface area is 370 Å². The van der Waals surface area contributed by atoms with Crippen LogP contribution in [0.2, 0.25) is 0 Å². The SMILES string of the molecule is Cc1ccc(-c2ccc(C(O)(c3ccc(-c4ccc(C)cc4)cc3)[C@@H]3OC(C)(C)O[C@H]3C(O)(c3ccc(-c4ccc(N)cc4)cc3)c3ccc(-c4ccc(N)cc4)cc3)cc2)cc1. The molecule has 0 aromatic heterocycles. The first kappa shape index (κ1) is 41.5. The lowest BCUT2D eigenvalue weighted by Gasteiger charge is -2.42. The van der Waals surface area contributed by atoms with Crippen molar-refractivity contribution in [2.75, 3.05) is 11.5 Å². The zero-order valence-corrected chi connectivity index (χ0v) is 36.0. The van der Waals surface area contributed by atoms with Crippen molar-refractivity contribution in [3.05, 3.63) is 228 Å². The van der Waals surface area contributed by atoms with Gasteiger partial charge in [0.15, 0.2) is 5.79 Å². The number of benzene rings is 8. The molecule has 8 aromatic rings. The van der Waals surface area contributed by atoms with Crippen LogP contribution in [0.25, 0.3) is 44.5 Å². The quantitative estimate of drug-likeness (QED) is 0.102. The van der Waals surface area contributed by atoms with E-state index in [9.17, 15) is 10.2 Å². The Balaban J connectivity index is 1.21. The maximum absolute atomic E-state index is 13.8. The van der Waals surface area contributed by atoms with Gasteiger partial charge in [-0.25, -0.2) is 0 Å². The Morgan fingerprint density at radius 3 is 0.762 bits per heavy atom. The average Bonchev–Trinajstić information content (AvgIpc) is 3.65. The van der Waals surface area contributed by atoms with Gasteiger partial charge in [0.2, 0.25) is 0 Å². The minimum Gasteiger partial charge on any atom is -0.399 e. The van der Waals surface area contributed by atoms with E-state index in [1.54, 1.807) is 0 Å². The zero-order valence-electron chi connectivity index (χ0n) is 36.0. The van der Waals surface area contributed by atoms with E-state index in [2.05, 4.69) is 62.4 Å². The van der Waals surface area contributed by atoms with E-state index in [4.69, 9.17) is 20.9 Å². The second-order valence-electron chi connectivity index (χ2n) is 17.3. The number of nitrogens with two attached hydrogens (primary N) is 2. The summed E-state index contributed by atoms with van der Waals surface area (Å²) in [6.07, 6.45) is -2.25. The van der Waals surface area contributed by atoms with Gasteiger partial charge in [0.25, 0.3) is 0 Å². The summed E-state index contributed by atoms with van der Waals surface area (Å²) in [6.45, 7) is 7.80. The van der Waals surface area contributed by atoms with Gasteiger partial charge >= 0.3 is 0 Å². The maximum Gasteiger partial charge on any atom is 0.164 e. The molecule has 1 aliphatic heterocycles. The van der Waals surface area contributed by atoms with Gasteiger partial charge in [0, 0.05) is 11.4 Å². The summed E-state index contributed by atoms with van der Waals surface area (Å²) >= 11 is 0. The number of aliphatic hydroxyl groups is 2. The molecule has 1 heterocycles. The second kappa shape index (κ2) is 16.5. The van der Waals surface area contributed by atoms with Crippen LogP contribution in [0.5, 0.6) is 0 Å². The fourth-order valence-corrected chi connectivity index (χ4v) is 8.87. The maximum atomic E-state index is 13.8. The summed E-state index contributed by atoms with van der Waals surface area (Å²) in [5.41, 5.74) is 22.5. The molecule has 63 heavy (non-hydrogen) atoms. The molecule has 8 aromatic carbocycles. The fraction of sp³-hybridized carbons (Fsp3) is 0.158. The van der Waals surface area contributed by atoms with Gasteiger partial charge in [-0.1, -0.05) is 181 Å². The van der Waals surface area contributed by atoms with E-state index in [0.717, 1.165) is 44.5 Å². The van der Waals surface area contributed by atoms with Crippen molar-refractivity contribution in [1.29, 1.82) is 0 Å².